The second-order valence-corrected chi connectivity index (χ2v) is 2.33. The highest BCUT2D eigenvalue weighted by atomic mass is 13.8. The van der Waals surface area contributed by atoms with Gasteiger partial charge in [0.05, 0.1) is 0 Å². The Morgan fingerprint density at radius 2 is 2.18 bits per heavy atom. The van der Waals surface area contributed by atoms with E-state index in [2.05, 4.69) is 18.7 Å². The van der Waals surface area contributed by atoms with Crippen LogP contribution in [0.5, 0.6) is 0 Å². The van der Waals surface area contributed by atoms with Gasteiger partial charge in [0.1, 0.15) is 0 Å². The Morgan fingerprint density at radius 1 is 1.45 bits per heavy atom. The summed E-state index contributed by atoms with van der Waals surface area (Å²) >= 11 is 0. The maximum atomic E-state index is 3.14. The van der Waals surface area contributed by atoms with Gasteiger partial charge in [0.2, 0.25) is 0 Å². The van der Waals surface area contributed by atoms with Gasteiger partial charge in [-0.05, 0) is 31.9 Å². The molecule has 60 valence electrons. The highest BCUT2D eigenvalue weighted by molar-refractivity contribution is 5.17. The van der Waals surface area contributed by atoms with Crippen LogP contribution in [0.15, 0.2) is 41.7 Å². The second kappa shape index (κ2) is 7.11. The van der Waals surface area contributed by atoms with Crippen molar-refractivity contribution in [1.82, 2.24) is 0 Å². The fraction of sp³-hybridized carbons (Fsp3) is 0.364. The summed E-state index contributed by atoms with van der Waals surface area (Å²) in [5.74, 6) is 0. The van der Waals surface area contributed by atoms with Crippen molar-refractivity contribution in [2.24, 2.45) is 0 Å². The van der Waals surface area contributed by atoms with Crippen molar-refractivity contribution in [3.8, 4) is 0 Å². The van der Waals surface area contributed by atoms with E-state index in [0.717, 1.165) is 12.0 Å². The Bertz CT molecular complexity index is 198. The van der Waals surface area contributed by atoms with E-state index in [1.807, 2.05) is 38.2 Å². The highest BCUT2D eigenvalue weighted by Crippen LogP contribution is 1.91. The molecular weight excluding hydrogens is 132 g/mol. The Hall–Kier alpha value is -1.00. The molecule has 0 atom stereocenters. The summed E-state index contributed by atoms with van der Waals surface area (Å²) in [6.45, 7) is 6.16. The lowest BCUT2D eigenvalue weighted by Crippen LogP contribution is -1.59. The van der Waals surface area contributed by atoms with Crippen molar-refractivity contribution < 1.29 is 0 Å². The molecule has 0 aliphatic rings. The van der Waals surface area contributed by atoms with Crippen LogP contribution < -0.4 is 0 Å². The molecule has 0 saturated carbocycles. The number of hydrogen-bond acceptors (Lipinski definition) is 0. The Labute approximate surface area is 69.6 Å². The quantitative estimate of drug-likeness (QED) is 0.423. The third kappa shape index (κ3) is 6.89. The van der Waals surface area contributed by atoms with E-state index in [0.29, 0.717) is 0 Å². The molecular formula is C11H16. The Balaban J connectivity index is 4.05. The van der Waals surface area contributed by atoms with Crippen molar-refractivity contribution in [2.45, 2.75) is 27.2 Å². The van der Waals surface area contributed by atoms with Crippen molar-refractivity contribution in [1.29, 1.82) is 0 Å². The van der Waals surface area contributed by atoms with Crippen LogP contribution in [0.1, 0.15) is 27.2 Å². The summed E-state index contributed by atoms with van der Waals surface area (Å²) < 4.78 is 0. The molecule has 0 aromatic rings. The molecule has 0 saturated heterocycles. The zero-order chi connectivity index (χ0) is 8.53. The minimum absolute atomic E-state index is 1.08. The Kier molecular flexibility index (Phi) is 6.46. The Morgan fingerprint density at radius 3 is 2.73 bits per heavy atom. The fourth-order valence-corrected chi connectivity index (χ4v) is 0.682. The summed E-state index contributed by atoms with van der Waals surface area (Å²) in [6.07, 6.45) is 11.2. The van der Waals surface area contributed by atoms with Crippen molar-refractivity contribution in [3.05, 3.63) is 41.7 Å². The molecule has 0 heteroatoms. The van der Waals surface area contributed by atoms with Crippen LogP contribution in [-0.4, -0.2) is 0 Å². The molecule has 0 heterocycles. The first-order valence-corrected chi connectivity index (χ1v) is 4.02. The molecule has 0 N–H and O–H groups in total. The predicted octanol–water partition coefficient (Wildman–Crippen LogP) is 3.63. The van der Waals surface area contributed by atoms with E-state index in [4.69, 9.17) is 0 Å². The zero-order valence-electron chi connectivity index (χ0n) is 7.59. The van der Waals surface area contributed by atoms with Crippen LogP contribution in [0, 0.1) is 0 Å². The molecule has 0 radical (unpaired) electrons. The average molecular weight is 148 g/mol. The number of allylic oxidation sites excluding steroid dienone is 5. The van der Waals surface area contributed by atoms with Crippen LogP contribution in [-0.2, 0) is 0 Å². The molecule has 0 aliphatic carbocycles. The molecule has 0 bridgehead atoms. The van der Waals surface area contributed by atoms with E-state index < -0.39 is 0 Å². The van der Waals surface area contributed by atoms with E-state index in [1.165, 1.54) is 0 Å². The molecule has 0 aromatic heterocycles. The summed E-state index contributed by atoms with van der Waals surface area (Å²) in [7, 11) is 0. The highest BCUT2D eigenvalue weighted by Gasteiger charge is 1.71. The summed E-state index contributed by atoms with van der Waals surface area (Å²) in [5.41, 5.74) is 4.30. The van der Waals surface area contributed by atoms with Crippen LogP contribution in [0.2, 0.25) is 0 Å². The first-order chi connectivity index (χ1) is 5.31. The van der Waals surface area contributed by atoms with Gasteiger partial charge in [0.15, 0.2) is 0 Å². The molecule has 0 aromatic carbocycles. The van der Waals surface area contributed by atoms with E-state index in [-0.39, 0.29) is 0 Å². The molecule has 0 spiro atoms. The van der Waals surface area contributed by atoms with Crippen LogP contribution in [0.4, 0.5) is 0 Å². The maximum Gasteiger partial charge on any atom is -0.00947 e. The smallest absolute Gasteiger partial charge is 0.00947 e. The SMILES string of the molecule is CC=CC(C)=C=CC=CCC. The third-order valence-corrected chi connectivity index (χ3v) is 1.20. The van der Waals surface area contributed by atoms with Gasteiger partial charge in [-0.2, -0.15) is 0 Å². The topological polar surface area (TPSA) is 0 Å². The second-order valence-electron chi connectivity index (χ2n) is 2.33. The summed E-state index contributed by atoms with van der Waals surface area (Å²) in [5, 5.41) is 0. The summed E-state index contributed by atoms with van der Waals surface area (Å²) in [6, 6.07) is 0. The lowest BCUT2D eigenvalue weighted by Gasteiger charge is -1.79. The first kappa shape index (κ1) is 10.0. The average Bonchev–Trinajstić information content (AvgIpc) is 1.99. The molecule has 0 rings (SSSR count). The van der Waals surface area contributed by atoms with Crippen LogP contribution >= 0.6 is 0 Å². The normalized spacial score (nSPS) is 10.5. The van der Waals surface area contributed by atoms with E-state index in [1.54, 1.807) is 0 Å². The van der Waals surface area contributed by atoms with E-state index >= 15 is 0 Å². The van der Waals surface area contributed by atoms with Crippen molar-refractivity contribution in [3.63, 3.8) is 0 Å². The van der Waals surface area contributed by atoms with Gasteiger partial charge in [0, 0.05) is 0 Å². The molecule has 0 amide bonds. The minimum Gasteiger partial charge on any atom is -0.118 e. The monoisotopic (exact) mass is 148 g/mol. The molecule has 0 fully saturated rings. The van der Waals surface area contributed by atoms with Crippen molar-refractivity contribution in [2.75, 3.05) is 0 Å². The zero-order valence-corrected chi connectivity index (χ0v) is 7.59. The number of hydrogen-bond donors (Lipinski definition) is 0. The van der Waals surface area contributed by atoms with Crippen LogP contribution in [0.25, 0.3) is 0 Å². The molecule has 0 unspecified atom stereocenters. The predicted molar refractivity (Wildman–Crippen MR) is 51.5 cm³/mol. The van der Waals surface area contributed by atoms with Crippen molar-refractivity contribution >= 4 is 0 Å². The van der Waals surface area contributed by atoms with Gasteiger partial charge in [-0.25, -0.2) is 0 Å². The van der Waals surface area contributed by atoms with Gasteiger partial charge in [0.25, 0.3) is 0 Å². The van der Waals surface area contributed by atoms with Gasteiger partial charge < -0.3 is 0 Å². The molecule has 0 nitrogen and oxygen atoms in total. The first-order valence-electron chi connectivity index (χ1n) is 4.02. The summed E-state index contributed by atoms with van der Waals surface area (Å²) in [4.78, 5) is 0. The minimum atomic E-state index is 1.08. The van der Waals surface area contributed by atoms with Gasteiger partial charge in [-0.15, -0.1) is 5.73 Å². The lowest BCUT2D eigenvalue weighted by molar-refractivity contribution is 1.22. The van der Waals surface area contributed by atoms with Gasteiger partial charge in [-0.1, -0.05) is 31.2 Å². The van der Waals surface area contributed by atoms with Gasteiger partial charge in [-0.3, -0.25) is 0 Å². The molecule has 0 aliphatic heterocycles. The lowest BCUT2D eigenvalue weighted by atomic mass is 10.3. The van der Waals surface area contributed by atoms with Gasteiger partial charge >= 0.3 is 0 Å². The van der Waals surface area contributed by atoms with Crippen LogP contribution in [0.3, 0.4) is 0 Å². The molecule has 11 heavy (non-hydrogen) atoms. The standard InChI is InChI=1S/C11H16/c1-4-6-7-8-10-11(3)9-5-2/h5-9H,4H2,1-3H3. The maximum absolute atomic E-state index is 3.14. The van der Waals surface area contributed by atoms with E-state index in [9.17, 15) is 0 Å². The fourth-order valence-electron chi connectivity index (χ4n) is 0.682. The number of rotatable bonds is 3. The largest absolute Gasteiger partial charge is 0.118 e. The third-order valence-electron chi connectivity index (χ3n) is 1.20.